The van der Waals surface area contributed by atoms with Crippen LogP contribution in [-0.2, 0) is 0 Å². The molecule has 0 spiro atoms. The standard InChI is InChI=1S/C10H21O2/c1-3-5-6-7-9-10(11,12)8-4-2/h11-12H,2-9H2,1H3. The zero-order valence-corrected chi connectivity index (χ0v) is 8.05. The first-order valence-corrected chi connectivity index (χ1v) is 4.86. The third kappa shape index (κ3) is 6.62. The Bertz CT molecular complexity index is 100. The average molecular weight is 173 g/mol. The number of unbranched alkanes of at least 4 members (excludes halogenated alkanes) is 3. The van der Waals surface area contributed by atoms with Gasteiger partial charge in [-0.2, -0.15) is 0 Å². The summed E-state index contributed by atoms with van der Waals surface area (Å²) in [5, 5.41) is 18.7. The lowest BCUT2D eigenvalue weighted by atomic mass is 10.0. The summed E-state index contributed by atoms with van der Waals surface area (Å²) in [6, 6.07) is 0. The van der Waals surface area contributed by atoms with E-state index in [2.05, 4.69) is 13.8 Å². The van der Waals surface area contributed by atoms with E-state index in [-0.39, 0.29) is 0 Å². The SMILES string of the molecule is [CH2]CCC(O)(O)CCCCCC. The lowest BCUT2D eigenvalue weighted by Crippen LogP contribution is -2.27. The fourth-order valence-electron chi connectivity index (χ4n) is 1.24. The zero-order valence-electron chi connectivity index (χ0n) is 8.05. The summed E-state index contributed by atoms with van der Waals surface area (Å²) >= 11 is 0. The molecule has 0 rings (SSSR count). The van der Waals surface area contributed by atoms with Crippen LogP contribution in [0.2, 0.25) is 0 Å². The maximum absolute atomic E-state index is 9.33. The van der Waals surface area contributed by atoms with Crippen molar-refractivity contribution in [3.63, 3.8) is 0 Å². The predicted octanol–water partition coefficient (Wildman–Crippen LogP) is 2.25. The van der Waals surface area contributed by atoms with Crippen LogP contribution >= 0.6 is 0 Å². The summed E-state index contributed by atoms with van der Waals surface area (Å²) in [4.78, 5) is 0. The van der Waals surface area contributed by atoms with Crippen molar-refractivity contribution in [1.82, 2.24) is 0 Å². The van der Waals surface area contributed by atoms with Gasteiger partial charge >= 0.3 is 0 Å². The van der Waals surface area contributed by atoms with Gasteiger partial charge in [-0.1, -0.05) is 33.1 Å². The third-order valence-electron chi connectivity index (χ3n) is 2.01. The van der Waals surface area contributed by atoms with Gasteiger partial charge in [-0.25, -0.2) is 0 Å². The highest BCUT2D eigenvalue weighted by molar-refractivity contribution is 4.65. The van der Waals surface area contributed by atoms with E-state index in [1.807, 2.05) is 0 Å². The first-order chi connectivity index (χ1) is 5.62. The minimum absolute atomic E-state index is 0.388. The highest BCUT2D eigenvalue weighted by Crippen LogP contribution is 2.17. The molecule has 0 heterocycles. The van der Waals surface area contributed by atoms with Crippen LogP contribution in [-0.4, -0.2) is 16.0 Å². The molecule has 2 nitrogen and oxygen atoms in total. The van der Waals surface area contributed by atoms with Crippen molar-refractivity contribution in [3.05, 3.63) is 6.92 Å². The quantitative estimate of drug-likeness (QED) is 0.458. The molecule has 0 fully saturated rings. The van der Waals surface area contributed by atoms with E-state index < -0.39 is 5.79 Å². The molecule has 0 aromatic carbocycles. The van der Waals surface area contributed by atoms with Crippen LogP contribution in [0.4, 0.5) is 0 Å². The van der Waals surface area contributed by atoms with E-state index in [1.54, 1.807) is 0 Å². The molecular weight excluding hydrogens is 152 g/mol. The minimum atomic E-state index is -1.46. The third-order valence-corrected chi connectivity index (χ3v) is 2.01. The largest absolute Gasteiger partial charge is 0.366 e. The second-order valence-corrected chi connectivity index (χ2v) is 3.40. The zero-order chi connectivity index (χ0) is 9.45. The molecule has 0 aliphatic rings. The normalized spacial score (nSPS) is 12.0. The summed E-state index contributed by atoms with van der Waals surface area (Å²) in [7, 11) is 0. The molecule has 2 N–H and O–H groups in total. The van der Waals surface area contributed by atoms with Crippen LogP contribution in [0, 0.1) is 6.92 Å². The topological polar surface area (TPSA) is 40.5 Å². The lowest BCUT2D eigenvalue weighted by Gasteiger charge is -2.20. The molecule has 0 aromatic rings. The first-order valence-electron chi connectivity index (χ1n) is 4.86. The van der Waals surface area contributed by atoms with Gasteiger partial charge in [0.05, 0.1) is 0 Å². The second kappa shape index (κ2) is 6.44. The Morgan fingerprint density at radius 3 is 2.25 bits per heavy atom. The average Bonchev–Trinajstić information content (AvgIpc) is 1.98. The monoisotopic (exact) mass is 173 g/mol. The second-order valence-electron chi connectivity index (χ2n) is 3.40. The van der Waals surface area contributed by atoms with Gasteiger partial charge in [-0.15, -0.1) is 0 Å². The molecule has 0 unspecified atom stereocenters. The van der Waals surface area contributed by atoms with Crippen molar-refractivity contribution in [1.29, 1.82) is 0 Å². The molecular formula is C10H21O2. The van der Waals surface area contributed by atoms with E-state index in [9.17, 15) is 10.2 Å². The van der Waals surface area contributed by atoms with Crippen molar-refractivity contribution >= 4 is 0 Å². The summed E-state index contributed by atoms with van der Waals surface area (Å²) in [5.74, 6) is -1.46. The maximum atomic E-state index is 9.33. The van der Waals surface area contributed by atoms with Gasteiger partial charge in [-0.3, -0.25) is 0 Å². The van der Waals surface area contributed by atoms with Crippen LogP contribution in [0.3, 0.4) is 0 Å². The minimum Gasteiger partial charge on any atom is -0.366 e. The van der Waals surface area contributed by atoms with E-state index in [1.165, 1.54) is 12.8 Å². The molecule has 0 amide bonds. The lowest BCUT2D eigenvalue weighted by molar-refractivity contribution is -0.170. The van der Waals surface area contributed by atoms with Gasteiger partial charge in [-0.05, 0) is 12.8 Å². The summed E-state index contributed by atoms with van der Waals surface area (Å²) in [6.45, 7) is 5.74. The van der Waals surface area contributed by atoms with Gasteiger partial charge in [0.2, 0.25) is 0 Å². The van der Waals surface area contributed by atoms with Crippen molar-refractivity contribution in [2.24, 2.45) is 0 Å². The van der Waals surface area contributed by atoms with Gasteiger partial charge in [0, 0.05) is 12.8 Å². The van der Waals surface area contributed by atoms with Crippen molar-refractivity contribution in [2.75, 3.05) is 0 Å². The highest BCUT2D eigenvalue weighted by Gasteiger charge is 2.20. The smallest absolute Gasteiger partial charge is 0.162 e. The van der Waals surface area contributed by atoms with Gasteiger partial charge in [0.25, 0.3) is 0 Å². The highest BCUT2D eigenvalue weighted by atomic mass is 16.5. The molecule has 12 heavy (non-hydrogen) atoms. The van der Waals surface area contributed by atoms with Crippen LogP contribution in [0.5, 0.6) is 0 Å². The van der Waals surface area contributed by atoms with Crippen LogP contribution < -0.4 is 0 Å². The summed E-state index contributed by atoms with van der Waals surface area (Å²) < 4.78 is 0. The molecule has 0 aliphatic heterocycles. The van der Waals surface area contributed by atoms with Crippen molar-refractivity contribution in [3.8, 4) is 0 Å². The molecule has 0 bridgehead atoms. The molecule has 0 saturated carbocycles. The van der Waals surface area contributed by atoms with Crippen LogP contribution in [0.1, 0.15) is 51.9 Å². The number of hydrogen-bond donors (Lipinski definition) is 2. The summed E-state index contributed by atoms with van der Waals surface area (Å²) in [5.41, 5.74) is 0. The maximum Gasteiger partial charge on any atom is 0.162 e. The molecule has 0 saturated heterocycles. The predicted molar refractivity (Wildman–Crippen MR) is 50.5 cm³/mol. The molecule has 0 aliphatic carbocycles. The number of aliphatic hydroxyl groups is 2. The Kier molecular flexibility index (Phi) is 6.39. The number of hydrogen-bond acceptors (Lipinski definition) is 2. The Labute approximate surface area is 75.6 Å². The van der Waals surface area contributed by atoms with E-state index in [4.69, 9.17) is 0 Å². The fraction of sp³-hybridized carbons (Fsp3) is 0.900. The van der Waals surface area contributed by atoms with Gasteiger partial charge < -0.3 is 10.2 Å². The van der Waals surface area contributed by atoms with Crippen LogP contribution in [0.15, 0.2) is 0 Å². The summed E-state index contributed by atoms with van der Waals surface area (Å²) in [6.07, 6.45) is 5.82. The van der Waals surface area contributed by atoms with E-state index in [0.717, 1.165) is 12.8 Å². The van der Waals surface area contributed by atoms with E-state index >= 15 is 0 Å². The Hall–Kier alpha value is -0.0800. The van der Waals surface area contributed by atoms with Crippen LogP contribution in [0.25, 0.3) is 0 Å². The number of rotatable bonds is 7. The van der Waals surface area contributed by atoms with E-state index in [0.29, 0.717) is 19.3 Å². The Morgan fingerprint density at radius 2 is 1.75 bits per heavy atom. The molecule has 0 aromatic heterocycles. The Balaban J connectivity index is 3.33. The van der Waals surface area contributed by atoms with Crippen molar-refractivity contribution in [2.45, 2.75) is 57.7 Å². The Morgan fingerprint density at radius 1 is 1.08 bits per heavy atom. The van der Waals surface area contributed by atoms with Gasteiger partial charge in [0.15, 0.2) is 5.79 Å². The molecule has 1 radical (unpaired) electrons. The van der Waals surface area contributed by atoms with Crippen molar-refractivity contribution < 1.29 is 10.2 Å². The first kappa shape index (κ1) is 11.9. The fourth-order valence-corrected chi connectivity index (χ4v) is 1.24. The molecule has 2 heteroatoms. The van der Waals surface area contributed by atoms with Gasteiger partial charge in [0.1, 0.15) is 0 Å². The molecule has 0 atom stereocenters. The molecule has 73 valence electrons.